The number of carbonyl (C=O) groups is 3. The van der Waals surface area contributed by atoms with Gasteiger partial charge in [-0.05, 0) is 116 Å². The Morgan fingerprint density at radius 2 is 0.283 bits per heavy atom. The molecule has 0 aliphatic rings. The second-order valence-corrected chi connectivity index (χ2v) is 30.3. The zero-order valence-electron chi connectivity index (χ0n) is 71.6. The normalized spacial score (nSPS) is 11.7. The Labute approximate surface area is 667 Å². The quantitative estimate of drug-likeness (QED) is 0.0410. The fraction of sp³-hybridized carbons (Fsp3) is 0.967. The van der Waals surface area contributed by atoms with E-state index in [0.717, 1.165) is 212 Å². The molecule has 0 aromatic heterocycles. The van der Waals surface area contributed by atoms with E-state index in [-0.39, 0.29) is 36.6 Å². The predicted molar refractivity (Wildman–Crippen MR) is 433 cm³/mol. The predicted octanol–water partition coefficient (Wildman–Crippen LogP) is 24.2. The van der Waals surface area contributed by atoms with Gasteiger partial charge < -0.3 is 72.3 Å². The van der Waals surface area contributed by atoms with Gasteiger partial charge in [-0.25, -0.2) is 0 Å². The first-order chi connectivity index (χ1) is 51.3. The van der Waals surface area contributed by atoms with Crippen LogP contribution in [0.4, 0.5) is 0 Å². The molecule has 0 aromatic rings. The number of rotatable bonds is 87. The largest absolute Gasteiger partial charge is 3.00 e. The molecular formula is C90H177CrO15. The Morgan fingerprint density at radius 3 is 0.387 bits per heavy atom. The van der Waals surface area contributed by atoms with Gasteiger partial charge in [0.05, 0.1) is 59.5 Å². The minimum Gasteiger partial charge on any atom is -0.550 e. The Hall–Kier alpha value is -1.42. The van der Waals surface area contributed by atoms with Crippen LogP contribution < -0.4 is 15.3 Å². The molecule has 0 aliphatic heterocycles. The van der Waals surface area contributed by atoms with Crippen molar-refractivity contribution < 1.29 is 89.7 Å². The number of carboxylic acids is 3. The van der Waals surface area contributed by atoms with Crippen molar-refractivity contribution in [3.05, 3.63) is 0 Å². The average Bonchev–Trinajstić information content (AvgIpc) is 0.890. The first-order valence-electron chi connectivity index (χ1n) is 45.6. The first kappa shape index (κ1) is 111. The van der Waals surface area contributed by atoms with Gasteiger partial charge in [-0.3, -0.25) is 0 Å². The van der Waals surface area contributed by atoms with Gasteiger partial charge in [0.2, 0.25) is 0 Å². The number of ether oxygens (including phenoxy) is 9. The molecule has 16 heteroatoms. The van der Waals surface area contributed by atoms with Crippen LogP contribution in [0.1, 0.15) is 486 Å². The minimum atomic E-state index is -0.914. The van der Waals surface area contributed by atoms with E-state index in [1.165, 1.54) is 193 Å². The molecule has 1 radical (unpaired) electrons. The van der Waals surface area contributed by atoms with Gasteiger partial charge in [0.15, 0.2) is 0 Å². The first-order valence-corrected chi connectivity index (χ1v) is 45.6. The van der Waals surface area contributed by atoms with E-state index in [1.54, 1.807) is 0 Å². The van der Waals surface area contributed by atoms with Crippen LogP contribution in [-0.2, 0) is 74.4 Å². The molecule has 0 atom stereocenters. The molecule has 0 heterocycles. The summed E-state index contributed by atoms with van der Waals surface area (Å²) in [5.74, 6) is -5.26. The summed E-state index contributed by atoms with van der Waals surface area (Å²) in [7, 11) is 0. The molecule has 15 nitrogen and oxygen atoms in total. The van der Waals surface area contributed by atoms with Crippen LogP contribution in [-0.4, -0.2) is 95.3 Å². The van der Waals surface area contributed by atoms with Crippen molar-refractivity contribution in [1.82, 2.24) is 0 Å². The standard InChI is InChI=1S/3C30H60O5.Cr/c3*1-4-7-26-33-30(34-27-8-5-2,35-28-9-6-3)25-23-21-19-17-15-13-11-10-12-14-16-18-20-22-24-29(31)32;/h3*4-28H2,1-3H3,(H,31,32);/q;;;+3/p-3. The third-order valence-corrected chi connectivity index (χ3v) is 19.7. The van der Waals surface area contributed by atoms with Crippen molar-refractivity contribution >= 4 is 17.9 Å². The summed E-state index contributed by atoms with van der Waals surface area (Å²) in [6, 6.07) is 0. The second-order valence-electron chi connectivity index (χ2n) is 30.3. The molecule has 106 heavy (non-hydrogen) atoms. The SMILES string of the molecule is CCCCOC(CCCCCCCCCCCCCCCCC(=O)[O-])(OCCCC)OCCCC.CCCCOC(CCCCCCCCCCCCCCCCC(=O)[O-])(OCCCC)OCCCC.CCCCOC(CCCCCCCCCCCCCCCCC(=O)[O-])(OCCCC)OCCCC.[Cr+3]. The Balaban J connectivity index is -0.000000733. The van der Waals surface area contributed by atoms with Gasteiger partial charge in [-0.15, -0.1) is 0 Å². The summed E-state index contributed by atoms with van der Waals surface area (Å²) in [6.45, 7) is 26.0. The van der Waals surface area contributed by atoms with Crippen LogP contribution in [0.15, 0.2) is 0 Å². The van der Waals surface area contributed by atoms with Gasteiger partial charge in [0.25, 0.3) is 17.9 Å². The Bertz CT molecular complexity index is 1440. The van der Waals surface area contributed by atoms with Crippen molar-refractivity contribution in [1.29, 1.82) is 0 Å². The maximum Gasteiger partial charge on any atom is 3.00 e. The van der Waals surface area contributed by atoms with Crippen LogP contribution in [0.2, 0.25) is 0 Å². The summed E-state index contributed by atoms with van der Waals surface area (Å²) in [6.07, 6.45) is 73.7. The monoisotopic (exact) mass is 1550 g/mol. The summed E-state index contributed by atoms with van der Waals surface area (Å²) in [4.78, 5) is 31.1. The molecule has 0 bridgehead atoms. The van der Waals surface area contributed by atoms with E-state index in [2.05, 4.69) is 62.3 Å². The molecule has 0 rings (SSSR count). The molecule has 0 saturated carbocycles. The third kappa shape index (κ3) is 83.5. The minimum absolute atomic E-state index is 0. The summed E-state index contributed by atoms with van der Waals surface area (Å²) in [5, 5.41) is 31.1. The van der Waals surface area contributed by atoms with E-state index in [0.29, 0.717) is 59.5 Å². The molecule has 0 spiro atoms. The molecule has 0 saturated heterocycles. The van der Waals surface area contributed by atoms with Crippen molar-refractivity contribution in [2.45, 2.75) is 504 Å². The summed E-state index contributed by atoms with van der Waals surface area (Å²) >= 11 is 0. The maximum atomic E-state index is 10.4. The molecule has 633 valence electrons. The summed E-state index contributed by atoms with van der Waals surface area (Å²) < 4.78 is 56.0. The molecule has 0 unspecified atom stereocenters. The molecule has 0 amide bonds. The fourth-order valence-electron chi connectivity index (χ4n) is 12.6. The van der Waals surface area contributed by atoms with E-state index in [4.69, 9.17) is 42.6 Å². The van der Waals surface area contributed by atoms with E-state index >= 15 is 0 Å². The van der Waals surface area contributed by atoms with Crippen LogP contribution in [0.25, 0.3) is 0 Å². The zero-order valence-corrected chi connectivity index (χ0v) is 72.8. The van der Waals surface area contributed by atoms with Gasteiger partial charge in [-0.2, -0.15) is 0 Å². The van der Waals surface area contributed by atoms with Crippen molar-refractivity contribution in [2.75, 3.05) is 59.5 Å². The number of unbranched alkanes of at least 4 members (excludes halogenated alkanes) is 48. The van der Waals surface area contributed by atoms with Crippen LogP contribution in [0.5, 0.6) is 0 Å². The summed E-state index contributed by atoms with van der Waals surface area (Å²) in [5.41, 5.74) is 0. The van der Waals surface area contributed by atoms with E-state index in [1.807, 2.05) is 0 Å². The topological polar surface area (TPSA) is 203 Å². The number of aliphatic carboxylic acids is 3. The van der Waals surface area contributed by atoms with E-state index < -0.39 is 35.8 Å². The second kappa shape index (κ2) is 90.8. The van der Waals surface area contributed by atoms with Crippen LogP contribution >= 0.6 is 0 Å². The average molecular weight is 1550 g/mol. The molecule has 0 N–H and O–H groups in total. The van der Waals surface area contributed by atoms with Gasteiger partial charge >= 0.3 is 17.4 Å². The van der Waals surface area contributed by atoms with Gasteiger partial charge in [0, 0.05) is 37.2 Å². The van der Waals surface area contributed by atoms with Crippen molar-refractivity contribution in [3.8, 4) is 0 Å². The van der Waals surface area contributed by atoms with Gasteiger partial charge in [0.1, 0.15) is 0 Å². The molecule has 0 aromatic carbocycles. The Kier molecular flexibility index (Phi) is 95.0. The van der Waals surface area contributed by atoms with Crippen molar-refractivity contribution in [2.24, 2.45) is 0 Å². The number of hydrogen-bond acceptors (Lipinski definition) is 15. The number of hydrogen-bond donors (Lipinski definition) is 0. The Morgan fingerprint density at radius 1 is 0.179 bits per heavy atom. The molecule has 0 aliphatic carbocycles. The number of carboxylic acid groups (broad SMARTS) is 3. The maximum absolute atomic E-state index is 10.4. The fourth-order valence-corrected chi connectivity index (χ4v) is 12.6. The third-order valence-electron chi connectivity index (χ3n) is 19.7. The van der Waals surface area contributed by atoms with Crippen molar-refractivity contribution in [3.63, 3.8) is 0 Å². The van der Waals surface area contributed by atoms with Gasteiger partial charge in [-0.1, -0.05) is 351 Å². The van der Waals surface area contributed by atoms with Crippen LogP contribution in [0, 0.1) is 0 Å². The van der Waals surface area contributed by atoms with Crippen LogP contribution in [0.3, 0.4) is 0 Å². The number of carbonyl (C=O) groups excluding carboxylic acids is 3. The molecular weight excluding hydrogens is 1370 g/mol. The van der Waals surface area contributed by atoms with E-state index in [9.17, 15) is 29.7 Å². The molecule has 0 fully saturated rings. The smallest absolute Gasteiger partial charge is 0.550 e. The zero-order chi connectivity index (χ0) is 77.6.